The number of aryl methyl sites for hydroxylation is 1. The van der Waals surface area contributed by atoms with Crippen molar-refractivity contribution < 1.29 is 18.0 Å². The molecule has 1 aromatic carbocycles. The normalized spacial score (nSPS) is 13.2. The summed E-state index contributed by atoms with van der Waals surface area (Å²) in [6.07, 6.45) is -4.44. The van der Waals surface area contributed by atoms with Gasteiger partial charge in [-0.3, -0.25) is 4.79 Å². The monoisotopic (exact) mass is 245 g/mol. The first-order chi connectivity index (χ1) is 7.80. The van der Waals surface area contributed by atoms with Gasteiger partial charge in [0, 0.05) is 6.04 Å². The zero-order valence-corrected chi connectivity index (χ0v) is 9.64. The minimum Gasteiger partial charge on any atom is -0.345 e. The first kappa shape index (κ1) is 13.5. The first-order valence-corrected chi connectivity index (χ1v) is 5.23. The summed E-state index contributed by atoms with van der Waals surface area (Å²) in [6.45, 7) is 3.43. The van der Waals surface area contributed by atoms with E-state index < -0.39 is 18.1 Å². The standard InChI is InChI=1S/C12H14F3NO/c1-8-5-3-4-6-10(8)7-9(2)16-11(17)12(13,14)15/h3-6,9H,7H2,1-2H3,(H,16,17). The van der Waals surface area contributed by atoms with Gasteiger partial charge < -0.3 is 5.32 Å². The van der Waals surface area contributed by atoms with E-state index >= 15 is 0 Å². The van der Waals surface area contributed by atoms with E-state index in [4.69, 9.17) is 0 Å². The number of alkyl halides is 3. The van der Waals surface area contributed by atoms with E-state index in [1.54, 1.807) is 6.92 Å². The number of carbonyl (C=O) groups excluding carboxylic acids is 1. The lowest BCUT2D eigenvalue weighted by Crippen LogP contribution is -2.42. The van der Waals surface area contributed by atoms with Crippen LogP contribution in [0.15, 0.2) is 24.3 Å². The minimum absolute atomic E-state index is 0.383. The van der Waals surface area contributed by atoms with E-state index in [9.17, 15) is 18.0 Å². The maximum atomic E-state index is 12.0. The van der Waals surface area contributed by atoms with Gasteiger partial charge in [0.15, 0.2) is 0 Å². The molecule has 0 bridgehead atoms. The summed E-state index contributed by atoms with van der Waals surface area (Å²) in [5.74, 6) is -1.89. The Balaban J connectivity index is 2.59. The summed E-state index contributed by atoms with van der Waals surface area (Å²) in [5.41, 5.74) is 1.93. The maximum Gasteiger partial charge on any atom is 0.471 e. The van der Waals surface area contributed by atoms with Crippen molar-refractivity contribution in [2.75, 3.05) is 0 Å². The fourth-order valence-corrected chi connectivity index (χ4v) is 1.53. The number of rotatable bonds is 3. The van der Waals surface area contributed by atoms with E-state index in [2.05, 4.69) is 0 Å². The molecule has 5 heteroatoms. The van der Waals surface area contributed by atoms with Crippen molar-refractivity contribution in [2.24, 2.45) is 0 Å². The van der Waals surface area contributed by atoms with Crippen LogP contribution in [0.5, 0.6) is 0 Å². The van der Waals surface area contributed by atoms with E-state index in [-0.39, 0.29) is 0 Å². The Hall–Kier alpha value is -1.52. The summed E-state index contributed by atoms with van der Waals surface area (Å²) in [6, 6.07) is 6.85. The Morgan fingerprint density at radius 3 is 2.47 bits per heavy atom. The van der Waals surface area contributed by atoms with Crippen LogP contribution < -0.4 is 5.32 Å². The molecule has 1 N–H and O–H groups in total. The Bertz CT molecular complexity index is 401. The highest BCUT2D eigenvalue weighted by Gasteiger charge is 2.39. The lowest BCUT2D eigenvalue weighted by atomic mass is 10.0. The summed E-state index contributed by atoms with van der Waals surface area (Å²) in [7, 11) is 0. The quantitative estimate of drug-likeness (QED) is 0.871. The lowest BCUT2D eigenvalue weighted by molar-refractivity contribution is -0.174. The van der Waals surface area contributed by atoms with Crippen LogP contribution in [0.4, 0.5) is 13.2 Å². The number of amides is 1. The lowest BCUT2D eigenvalue weighted by Gasteiger charge is -2.16. The van der Waals surface area contributed by atoms with Crippen LogP contribution in [0.2, 0.25) is 0 Å². The van der Waals surface area contributed by atoms with E-state index in [1.165, 1.54) is 0 Å². The molecule has 1 atom stereocenters. The molecule has 17 heavy (non-hydrogen) atoms. The van der Waals surface area contributed by atoms with Gasteiger partial charge in [0.2, 0.25) is 0 Å². The number of nitrogens with one attached hydrogen (secondary N) is 1. The first-order valence-electron chi connectivity index (χ1n) is 5.23. The number of hydrogen-bond donors (Lipinski definition) is 1. The van der Waals surface area contributed by atoms with E-state index in [0.717, 1.165) is 11.1 Å². The summed E-state index contributed by atoms with van der Waals surface area (Å²) < 4.78 is 36.0. The second-order valence-electron chi connectivity index (χ2n) is 4.00. The number of benzene rings is 1. The SMILES string of the molecule is Cc1ccccc1CC(C)NC(=O)C(F)(F)F. The Labute approximate surface area is 97.8 Å². The molecule has 94 valence electrons. The highest BCUT2D eigenvalue weighted by molar-refractivity contribution is 5.81. The topological polar surface area (TPSA) is 29.1 Å². The van der Waals surface area contributed by atoms with Gasteiger partial charge in [-0.1, -0.05) is 24.3 Å². The third kappa shape index (κ3) is 4.09. The van der Waals surface area contributed by atoms with Gasteiger partial charge in [-0.05, 0) is 31.4 Å². The van der Waals surface area contributed by atoms with Gasteiger partial charge in [-0.15, -0.1) is 0 Å². The predicted octanol–water partition coefficient (Wildman–Crippen LogP) is 2.60. The fraction of sp³-hybridized carbons (Fsp3) is 0.417. The van der Waals surface area contributed by atoms with Crippen molar-refractivity contribution in [3.63, 3.8) is 0 Å². The number of halogens is 3. The molecule has 0 saturated heterocycles. The summed E-state index contributed by atoms with van der Waals surface area (Å²) >= 11 is 0. The van der Waals surface area contributed by atoms with Gasteiger partial charge >= 0.3 is 12.1 Å². The van der Waals surface area contributed by atoms with Gasteiger partial charge in [0.25, 0.3) is 0 Å². The van der Waals surface area contributed by atoms with Crippen molar-refractivity contribution in [1.29, 1.82) is 0 Å². The third-order valence-corrected chi connectivity index (χ3v) is 2.42. The van der Waals surface area contributed by atoms with Crippen molar-refractivity contribution >= 4 is 5.91 Å². The molecule has 1 unspecified atom stereocenters. The Morgan fingerprint density at radius 2 is 1.94 bits per heavy atom. The Kier molecular flexibility index (Phi) is 4.15. The average Bonchev–Trinajstić information content (AvgIpc) is 2.20. The van der Waals surface area contributed by atoms with Crippen molar-refractivity contribution in [3.05, 3.63) is 35.4 Å². The molecule has 1 rings (SSSR count). The molecule has 1 amide bonds. The largest absolute Gasteiger partial charge is 0.471 e. The summed E-state index contributed by atoms with van der Waals surface area (Å²) in [5, 5.41) is 1.93. The van der Waals surface area contributed by atoms with Crippen molar-refractivity contribution in [1.82, 2.24) is 5.32 Å². The predicted molar refractivity (Wildman–Crippen MR) is 58.5 cm³/mol. The van der Waals surface area contributed by atoms with Crippen LogP contribution >= 0.6 is 0 Å². The molecular weight excluding hydrogens is 231 g/mol. The van der Waals surface area contributed by atoms with Crippen LogP contribution in [0.3, 0.4) is 0 Å². The van der Waals surface area contributed by atoms with Crippen LogP contribution in [-0.2, 0) is 11.2 Å². The minimum atomic E-state index is -4.82. The van der Waals surface area contributed by atoms with Gasteiger partial charge in [-0.25, -0.2) is 0 Å². The van der Waals surface area contributed by atoms with Crippen LogP contribution in [0.25, 0.3) is 0 Å². The molecular formula is C12H14F3NO. The van der Waals surface area contributed by atoms with Crippen molar-refractivity contribution in [2.45, 2.75) is 32.5 Å². The molecule has 2 nitrogen and oxygen atoms in total. The molecule has 0 aromatic heterocycles. The molecule has 0 fully saturated rings. The van der Waals surface area contributed by atoms with Crippen LogP contribution in [0.1, 0.15) is 18.1 Å². The van der Waals surface area contributed by atoms with E-state index in [1.807, 2.05) is 36.5 Å². The number of hydrogen-bond acceptors (Lipinski definition) is 1. The molecule has 0 aliphatic rings. The average molecular weight is 245 g/mol. The fourth-order valence-electron chi connectivity index (χ4n) is 1.53. The molecule has 0 aliphatic carbocycles. The van der Waals surface area contributed by atoms with Crippen molar-refractivity contribution in [3.8, 4) is 0 Å². The maximum absolute atomic E-state index is 12.0. The van der Waals surface area contributed by atoms with Gasteiger partial charge in [0.05, 0.1) is 0 Å². The highest BCUT2D eigenvalue weighted by Crippen LogP contribution is 2.15. The second-order valence-corrected chi connectivity index (χ2v) is 4.00. The molecule has 0 aliphatic heterocycles. The van der Waals surface area contributed by atoms with Gasteiger partial charge in [-0.2, -0.15) is 13.2 Å². The smallest absolute Gasteiger partial charge is 0.345 e. The molecule has 0 saturated carbocycles. The zero-order valence-electron chi connectivity index (χ0n) is 9.64. The number of carbonyl (C=O) groups is 1. The second kappa shape index (κ2) is 5.21. The third-order valence-electron chi connectivity index (χ3n) is 2.42. The zero-order chi connectivity index (χ0) is 13.1. The molecule has 1 aromatic rings. The highest BCUT2D eigenvalue weighted by atomic mass is 19.4. The van der Waals surface area contributed by atoms with Crippen LogP contribution in [0, 0.1) is 6.92 Å². The Morgan fingerprint density at radius 1 is 1.35 bits per heavy atom. The van der Waals surface area contributed by atoms with E-state index in [0.29, 0.717) is 6.42 Å². The molecule has 0 spiro atoms. The molecule has 0 radical (unpaired) electrons. The van der Waals surface area contributed by atoms with Crippen LogP contribution in [-0.4, -0.2) is 18.1 Å². The molecule has 0 heterocycles. The summed E-state index contributed by atoms with van der Waals surface area (Å²) in [4.78, 5) is 10.7. The van der Waals surface area contributed by atoms with Gasteiger partial charge in [0.1, 0.15) is 0 Å².